The summed E-state index contributed by atoms with van der Waals surface area (Å²) in [5, 5.41) is 23.4. The number of aromatic nitrogens is 4. The van der Waals surface area contributed by atoms with E-state index in [9.17, 15) is 41.0 Å². The molecule has 0 bridgehead atoms. The van der Waals surface area contributed by atoms with Crippen molar-refractivity contribution in [1.82, 2.24) is 19.7 Å². The van der Waals surface area contributed by atoms with E-state index >= 15 is 0 Å². The van der Waals surface area contributed by atoms with Gasteiger partial charge in [0.1, 0.15) is 5.75 Å². The van der Waals surface area contributed by atoms with Crippen molar-refractivity contribution < 1.29 is 36.2 Å². The number of alkyl halides is 6. The lowest BCUT2D eigenvalue weighted by Crippen LogP contribution is -2.30. The van der Waals surface area contributed by atoms with Gasteiger partial charge >= 0.3 is 12.4 Å². The van der Waals surface area contributed by atoms with Crippen molar-refractivity contribution in [3.05, 3.63) is 78.8 Å². The third-order valence-electron chi connectivity index (χ3n) is 4.31. The number of aliphatic hydroxyl groups excluding tert-OH is 1. The Morgan fingerprint density at radius 2 is 1.86 bits per heavy atom. The first-order chi connectivity index (χ1) is 16.2. The molecule has 0 aliphatic carbocycles. The van der Waals surface area contributed by atoms with Crippen LogP contribution >= 0.6 is 11.6 Å². The minimum Gasteiger partial charge on any atom is -0.449 e. The van der Waals surface area contributed by atoms with Crippen LogP contribution in [-0.4, -0.2) is 31.0 Å². The highest BCUT2D eigenvalue weighted by Gasteiger charge is 2.41. The SMILES string of the molecule is N#Cc1cc(Cl)cc(Oc2c(C(F)(F)F)ncn(Cc3cc(C(O)C(F)(F)F)c(=O)[nH]n3)c2=O)c1. The number of nitrogens with zero attached hydrogens (tertiary/aromatic N) is 4. The summed E-state index contributed by atoms with van der Waals surface area (Å²) in [5.74, 6) is -1.71. The van der Waals surface area contributed by atoms with Gasteiger partial charge in [0.05, 0.1) is 35.8 Å². The highest BCUT2D eigenvalue weighted by molar-refractivity contribution is 6.30. The Balaban J connectivity index is 2.08. The molecule has 2 N–H and O–H groups in total. The quantitative estimate of drug-likeness (QED) is 0.492. The molecule has 0 aliphatic rings. The highest BCUT2D eigenvalue weighted by Crippen LogP contribution is 2.35. The zero-order valence-corrected chi connectivity index (χ0v) is 17.5. The summed E-state index contributed by atoms with van der Waals surface area (Å²) in [6.07, 6.45) is -13.1. The van der Waals surface area contributed by atoms with E-state index in [1.54, 1.807) is 11.2 Å². The van der Waals surface area contributed by atoms with Crippen molar-refractivity contribution >= 4 is 11.6 Å². The fourth-order valence-electron chi connectivity index (χ4n) is 2.78. The number of H-pyrrole nitrogens is 1. The van der Waals surface area contributed by atoms with Gasteiger partial charge in [-0.3, -0.25) is 14.2 Å². The van der Waals surface area contributed by atoms with E-state index in [-0.39, 0.29) is 10.6 Å². The van der Waals surface area contributed by atoms with Crippen LogP contribution in [0, 0.1) is 11.3 Å². The number of rotatable bonds is 5. The molecule has 35 heavy (non-hydrogen) atoms. The Bertz CT molecular complexity index is 1430. The predicted octanol–water partition coefficient (Wildman–Crippen LogP) is 3.31. The maximum absolute atomic E-state index is 13.5. The molecule has 0 spiro atoms. The number of halogens is 7. The van der Waals surface area contributed by atoms with Crippen molar-refractivity contribution in [2.24, 2.45) is 0 Å². The molecular formula is C19H10ClF6N5O4. The van der Waals surface area contributed by atoms with Crippen LogP contribution in [-0.2, 0) is 12.7 Å². The van der Waals surface area contributed by atoms with Gasteiger partial charge in [0.15, 0.2) is 11.8 Å². The van der Waals surface area contributed by atoms with Gasteiger partial charge in [-0.05, 0) is 24.3 Å². The molecule has 0 aliphatic heterocycles. The second kappa shape index (κ2) is 9.39. The van der Waals surface area contributed by atoms with Crippen LogP contribution in [0.1, 0.15) is 28.6 Å². The Morgan fingerprint density at radius 3 is 2.46 bits per heavy atom. The third kappa shape index (κ3) is 5.78. The number of ether oxygens (including phenoxy) is 1. The van der Waals surface area contributed by atoms with Crippen LogP contribution in [0.4, 0.5) is 26.3 Å². The normalized spacial score (nSPS) is 12.8. The summed E-state index contributed by atoms with van der Waals surface area (Å²) in [7, 11) is 0. The summed E-state index contributed by atoms with van der Waals surface area (Å²) >= 11 is 5.80. The zero-order chi connectivity index (χ0) is 26.1. The van der Waals surface area contributed by atoms with Gasteiger partial charge in [-0.1, -0.05) is 11.6 Å². The molecule has 1 unspecified atom stereocenters. The van der Waals surface area contributed by atoms with Crippen LogP contribution in [0.25, 0.3) is 0 Å². The van der Waals surface area contributed by atoms with Crippen molar-refractivity contribution in [2.45, 2.75) is 25.0 Å². The van der Waals surface area contributed by atoms with Gasteiger partial charge in [0.25, 0.3) is 11.1 Å². The highest BCUT2D eigenvalue weighted by atomic mass is 35.5. The van der Waals surface area contributed by atoms with Gasteiger partial charge in [0.2, 0.25) is 5.75 Å². The molecule has 0 saturated heterocycles. The lowest BCUT2D eigenvalue weighted by molar-refractivity contribution is -0.207. The predicted molar refractivity (Wildman–Crippen MR) is 105 cm³/mol. The van der Waals surface area contributed by atoms with Crippen molar-refractivity contribution in [1.29, 1.82) is 5.26 Å². The molecule has 1 aromatic carbocycles. The van der Waals surface area contributed by atoms with Crippen LogP contribution in [0.3, 0.4) is 0 Å². The third-order valence-corrected chi connectivity index (χ3v) is 4.53. The average molecular weight is 522 g/mol. The summed E-state index contributed by atoms with van der Waals surface area (Å²) in [6, 6.07) is 5.48. The van der Waals surface area contributed by atoms with Gasteiger partial charge < -0.3 is 9.84 Å². The van der Waals surface area contributed by atoms with E-state index in [0.29, 0.717) is 17.0 Å². The Morgan fingerprint density at radius 1 is 1.17 bits per heavy atom. The first kappa shape index (κ1) is 25.7. The van der Waals surface area contributed by atoms with E-state index < -0.39 is 64.6 Å². The smallest absolute Gasteiger partial charge is 0.437 e. The lowest BCUT2D eigenvalue weighted by atomic mass is 10.1. The molecule has 3 rings (SSSR count). The number of aromatic amines is 1. The first-order valence-electron chi connectivity index (χ1n) is 9.09. The van der Waals surface area contributed by atoms with Crippen LogP contribution in [0.2, 0.25) is 5.02 Å². The van der Waals surface area contributed by atoms with E-state index in [1.807, 2.05) is 0 Å². The van der Waals surface area contributed by atoms with Crippen LogP contribution in [0.15, 0.2) is 40.2 Å². The molecule has 0 fully saturated rings. The maximum atomic E-state index is 13.5. The molecule has 16 heteroatoms. The van der Waals surface area contributed by atoms with Gasteiger partial charge in [0, 0.05) is 5.02 Å². The van der Waals surface area contributed by atoms with Crippen LogP contribution in [0.5, 0.6) is 11.5 Å². The largest absolute Gasteiger partial charge is 0.449 e. The minimum absolute atomic E-state index is 0.0787. The first-order valence-corrected chi connectivity index (χ1v) is 9.47. The van der Waals surface area contributed by atoms with E-state index in [4.69, 9.17) is 21.6 Å². The second-order valence-corrected chi connectivity index (χ2v) is 7.27. The maximum Gasteiger partial charge on any atom is 0.437 e. The number of nitrogens with one attached hydrogen (secondary N) is 1. The fraction of sp³-hybridized carbons (Fsp3) is 0.211. The second-order valence-electron chi connectivity index (χ2n) is 6.83. The van der Waals surface area contributed by atoms with Gasteiger partial charge in [-0.25, -0.2) is 10.1 Å². The van der Waals surface area contributed by atoms with Gasteiger partial charge in [-0.2, -0.15) is 36.7 Å². The van der Waals surface area contributed by atoms with Crippen LogP contribution < -0.4 is 15.9 Å². The standard InChI is InChI=1S/C19H10ClF6N5O4/c20-9-1-8(5-27)2-11(3-9)35-13-14(18(21,22)23)28-7-31(17(13)34)6-10-4-12(16(33)30-29-10)15(32)19(24,25)26/h1-4,7,15,32H,6H2,(H,30,33). The molecule has 0 radical (unpaired) electrons. The Labute approximate surface area is 194 Å². The molecule has 0 saturated carbocycles. The summed E-state index contributed by atoms with van der Waals surface area (Å²) in [5.41, 5.74) is -6.16. The topological polar surface area (TPSA) is 134 Å². The zero-order valence-electron chi connectivity index (χ0n) is 16.8. The molecule has 3 aromatic rings. The van der Waals surface area contributed by atoms with E-state index in [0.717, 1.165) is 12.1 Å². The number of nitriles is 1. The summed E-state index contributed by atoms with van der Waals surface area (Å²) in [6.45, 7) is -0.756. The minimum atomic E-state index is -5.20. The Kier molecular flexibility index (Phi) is 6.90. The molecule has 1 atom stereocenters. The molecule has 184 valence electrons. The summed E-state index contributed by atoms with van der Waals surface area (Å²) < 4.78 is 84.4. The molecular weight excluding hydrogens is 512 g/mol. The number of benzene rings is 1. The molecule has 2 heterocycles. The average Bonchev–Trinajstić information content (AvgIpc) is 2.75. The van der Waals surface area contributed by atoms with E-state index in [1.165, 1.54) is 6.07 Å². The molecule has 0 amide bonds. The fourth-order valence-corrected chi connectivity index (χ4v) is 3.01. The Hall–Kier alpha value is -3.90. The molecule has 9 nitrogen and oxygen atoms in total. The van der Waals surface area contributed by atoms with Crippen molar-refractivity contribution in [3.63, 3.8) is 0 Å². The number of hydrogen-bond acceptors (Lipinski definition) is 7. The monoisotopic (exact) mass is 521 g/mol. The number of aliphatic hydroxyl groups is 1. The summed E-state index contributed by atoms with van der Waals surface area (Å²) in [4.78, 5) is 27.6. The van der Waals surface area contributed by atoms with Gasteiger partial charge in [-0.15, -0.1) is 0 Å². The lowest BCUT2D eigenvalue weighted by Gasteiger charge is -2.16. The number of hydrogen-bond donors (Lipinski definition) is 2. The van der Waals surface area contributed by atoms with Crippen molar-refractivity contribution in [3.8, 4) is 17.6 Å². The van der Waals surface area contributed by atoms with Crippen molar-refractivity contribution in [2.75, 3.05) is 0 Å². The van der Waals surface area contributed by atoms with E-state index in [2.05, 4.69) is 10.1 Å². The molecule has 2 aromatic heterocycles.